The maximum Gasteiger partial charge on any atom is 0.183 e. The maximum absolute atomic E-state index is 13.0. The van der Waals surface area contributed by atoms with Gasteiger partial charge in [-0.2, -0.15) is 0 Å². The van der Waals surface area contributed by atoms with Crippen LogP contribution in [-0.4, -0.2) is 37.6 Å². The molecule has 0 spiro atoms. The lowest BCUT2D eigenvalue weighted by molar-refractivity contribution is -0.124. The highest BCUT2D eigenvalue weighted by molar-refractivity contribution is 8.00. The van der Waals surface area contributed by atoms with Crippen molar-refractivity contribution in [3.8, 4) is 17.2 Å². The van der Waals surface area contributed by atoms with Crippen LogP contribution in [-0.2, 0) is 15.0 Å². The molecular formula is C24H22O7S. The number of phenols is 2. The van der Waals surface area contributed by atoms with E-state index in [4.69, 9.17) is 4.74 Å². The first-order valence-corrected chi connectivity index (χ1v) is 10.8. The summed E-state index contributed by atoms with van der Waals surface area (Å²) >= 11 is 1.15. The van der Waals surface area contributed by atoms with Gasteiger partial charge in [-0.1, -0.05) is 30.0 Å². The van der Waals surface area contributed by atoms with Crippen molar-refractivity contribution in [2.45, 2.75) is 49.4 Å². The van der Waals surface area contributed by atoms with Gasteiger partial charge in [-0.15, -0.1) is 0 Å². The summed E-state index contributed by atoms with van der Waals surface area (Å²) in [5, 5.41) is 33.0. The first-order chi connectivity index (χ1) is 15.0. The normalized spacial score (nSPS) is 24.1. The molecule has 2 atom stereocenters. The number of ketones is 3. The van der Waals surface area contributed by atoms with Gasteiger partial charge in [0, 0.05) is 10.5 Å². The van der Waals surface area contributed by atoms with Crippen LogP contribution in [0, 0.1) is 6.92 Å². The van der Waals surface area contributed by atoms with Crippen LogP contribution in [0.1, 0.15) is 48.7 Å². The number of carbonyl (C=O) groups is 3. The molecule has 0 fully saturated rings. The molecule has 0 aromatic heterocycles. The Balaban J connectivity index is 2.12. The van der Waals surface area contributed by atoms with Gasteiger partial charge >= 0.3 is 0 Å². The van der Waals surface area contributed by atoms with Crippen LogP contribution in [0.4, 0.5) is 0 Å². The molecule has 2 aromatic carbocycles. The van der Waals surface area contributed by atoms with E-state index >= 15 is 0 Å². The molecule has 1 aliphatic heterocycles. The van der Waals surface area contributed by atoms with E-state index in [1.54, 1.807) is 31.2 Å². The average Bonchev–Trinajstić information content (AvgIpc) is 2.96. The van der Waals surface area contributed by atoms with Crippen LogP contribution in [0.3, 0.4) is 0 Å². The van der Waals surface area contributed by atoms with Crippen LogP contribution < -0.4 is 4.74 Å². The summed E-state index contributed by atoms with van der Waals surface area (Å²) in [6.07, 6.45) is -0.298. The second-order valence-electron chi connectivity index (χ2n) is 8.23. The summed E-state index contributed by atoms with van der Waals surface area (Å²) in [4.78, 5) is 36.9. The SMILES string of the molecule is CC(=O)C1=C(O)[C@]2(C)c3c(O)c(C)c(O)c(C(C)=O)c3O[C@]2(Sc2ccccc2)CC1=O. The van der Waals surface area contributed by atoms with Crippen LogP contribution >= 0.6 is 11.8 Å². The Morgan fingerprint density at radius 1 is 1.03 bits per heavy atom. The summed E-state index contributed by atoms with van der Waals surface area (Å²) in [7, 11) is 0. The molecule has 8 heteroatoms. The number of aromatic hydroxyl groups is 2. The average molecular weight is 455 g/mol. The molecule has 166 valence electrons. The highest BCUT2D eigenvalue weighted by Crippen LogP contribution is 2.66. The quantitative estimate of drug-likeness (QED) is 0.466. The van der Waals surface area contributed by atoms with E-state index in [1.807, 2.05) is 6.07 Å². The Labute approximate surface area is 188 Å². The Morgan fingerprint density at radius 2 is 1.66 bits per heavy atom. The molecule has 1 heterocycles. The number of carbonyl (C=O) groups excluding carboxylic acids is 3. The van der Waals surface area contributed by atoms with E-state index in [2.05, 4.69) is 0 Å². The molecule has 2 aromatic rings. The van der Waals surface area contributed by atoms with Gasteiger partial charge in [0.15, 0.2) is 22.3 Å². The number of rotatable bonds is 4. The summed E-state index contributed by atoms with van der Waals surface area (Å²) in [5.74, 6) is -3.16. The number of allylic oxidation sites excluding steroid dienone is 1. The monoisotopic (exact) mass is 454 g/mol. The minimum atomic E-state index is -1.56. The molecule has 32 heavy (non-hydrogen) atoms. The number of ether oxygens (including phenoxy) is 1. The lowest BCUT2D eigenvalue weighted by Crippen LogP contribution is -2.54. The molecule has 0 unspecified atom stereocenters. The molecule has 7 nitrogen and oxygen atoms in total. The zero-order chi connectivity index (χ0) is 23.6. The van der Waals surface area contributed by atoms with Gasteiger partial charge in [0.25, 0.3) is 0 Å². The molecule has 0 radical (unpaired) electrons. The number of phenolic OH excluding ortho intramolecular Hbond substituents is 2. The Hall–Kier alpha value is -3.26. The van der Waals surface area contributed by atoms with Crippen molar-refractivity contribution >= 4 is 29.1 Å². The largest absolute Gasteiger partial charge is 0.510 e. The number of aliphatic hydroxyl groups excluding tert-OH is 1. The zero-order valence-corrected chi connectivity index (χ0v) is 18.8. The highest BCUT2D eigenvalue weighted by atomic mass is 32.2. The van der Waals surface area contributed by atoms with Gasteiger partial charge in [-0.25, -0.2) is 0 Å². The predicted molar refractivity (Wildman–Crippen MR) is 117 cm³/mol. The van der Waals surface area contributed by atoms with Crippen molar-refractivity contribution in [1.29, 1.82) is 0 Å². The number of fused-ring (bicyclic) bond motifs is 3. The van der Waals surface area contributed by atoms with Gasteiger partial charge in [0.1, 0.15) is 34.0 Å². The standard InChI is InChI=1S/C24H22O7S/c1-11-19(28)17(13(3)26)21-18(20(11)29)23(4)22(30)16(12(2)25)15(27)10-24(23,31-21)32-14-8-6-5-7-9-14/h5-9,28-30H,10H2,1-4H3/t23-,24-/m0/s1. The van der Waals surface area contributed by atoms with Crippen LogP contribution in [0.25, 0.3) is 0 Å². The smallest absolute Gasteiger partial charge is 0.183 e. The molecule has 1 aliphatic carbocycles. The second-order valence-corrected chi connectivity index (χ2v) is 9.57. The van der Waals surface area contributed by atoms with Crippen LogP contribution in [0.15, 0.2) is 46.6 Å². The molecule has 2 aliphatic rings. The van der Waals surface area contributed by atoms with Crippen LogP contribution in [0.5, 0.6) is 17.2 Å². The van der Waals surface area contributed by atoms with E-state index in [-0.39, 0.29) is 40.2 Å². The minimum absolute atomic E-state index is 0.0355. The number of thioether (sulfide) groups is 1. The Kier molecular flexibility index (Phi) is 4.89. The number of hydrogen-bond donors (Lipinski definition) is 3. The zero-order valence-electron chi connectivity index (χ0n) is 18.0. The van der Waals surface area contributed by atoms with Crippen molar-refractivity contribution in [1.82, 2.24) is 0 Å². The number of hydrogen-bond acceptors (Lipinski definition) is 8. The third kappa shape index (κ3) is 2.72. The van der Waals surface area contributed by atoms with Crippen molar-refractivity contribution in [3.05, 3.63) is 58.4 Å². The summed E-state index contributed by atoms with van der Waals surface area (Å²) in [6.45, 7) is 5.44. The summed E-state index contributed by atoms with van der Waals surface area (Å²) in [5.41, 5.74) is -1.98. The molecule has 0 bridgehead atoms. The molecule has 0 amide bonds. The first-order valence-electron chi connectivity index (χ1n) is 9.97. The van der Waals surface area contributed by atoms with Gasteiger partial charge in [-0.3, -0.25) is 14.4 Å². The third-order valence-electron chi connectivity index (χ3n) is 6.28. The lowest BCUT2D eigenvalue weighted by Gasteiger charge is -2.44. The van der Waals surface area contributed by atoms with Crippen molar-refractivity contribution < 1.29 is 34.4 Å². The molecule has 0 saturated carbocycles. The minimum Gasteiger partial charge on any atom is -0.510 e. The van der Waals surface area contributed by atoms with Gasteiger partial charge in [-0.05, 0) is 39.8 Å². The first kappa shape index (κ1) is 22.0. The van der Waals surface area contributed by atoms with Crippen molar-refractivity contribution in [2.75, 3.05) is 0 Å². The van der Waals surface area contributed by atoms with Crippen LogP contribution in [0.2, 0.25) is 0 Å². The fourth-order valence-corrected chi connectivity index (χ4v) is 5.98. The van der Waals surface area contributed by atoms with Crippen molar-refractivity contribution in [2.24, 2.45) is 0 Å². The number of benzene rings is 2. The third-order valence-corrected chi connectivity index (χ3v) is 7.75. The Bertz CT molecular complexity index is 1230. The van der Waals surface area contributed by atoms with E-state index in [0.717, 1.165) is 11.8 Å². The van der Waals surface area contributed by atoms with Gasteiger partial charge in [0.05, 0.1) is 17.6 Å². The highest BCUT2D eigenvalue weighted by Gasteiger charge is 2.67. The second kappa shape index (κ2) is 7.13. The fraction of sp³-hybridized carbons (Fsp3) is 0.292. The van der Waals surface area contributed by atoms with E-state index in [9.17, 15) is 29.7 Å². The lowest BCUT2D eigenvalue weighted by atomic mass is 9.68. The van der Waals surface area contributed by atoms with Gasteiger partial charge < -0.3 is 20.1 Å². The van der Waals surface area contributed by atoms with Gasteiger partial charge in [0.2, 0.25) is 0 Å². The summed E-state index contributed by atoms with van der Waals surface area (Å²) in [6, 6.07) is 9.02. The number of aliphatic hydroxyl groups is 1. The molecule has 4 rings (SSSR count). The topological polar surface area (TPSA) is 121 Å². The Morgan fingerprint density at radius 3 is 2.22 bits per heavy atom. The molecular weight excluding hydrogens is 432 g/mol. The maximum atomic E-state index is 13.0. The van der Waals surface area contributed by atoms with E-state index in [0.29, 0.717) is 4.90 Å². The summed E-state index contributed by atoms with van der Waals surface area (Å²) < 4.78 is 6.28. The van der Waals surface area contributed by atoms with E-state index < -0.39 is 39.2 Å². The predicted octanol–water partition coefficient (Wildman–Crippen LogP) is 4.12. The van der Waals surface area contributed by atoms with E-state index in [1.165, 1.54) is 20.8 Å². The molecule has 3 N–H and O–H groups in total. The number of Topliss-reactive ketones (excluding diaryl/α,β-unsaturated/α-hetero) is 3. The van der Waals surface area contributed by atoms with Crippen molar-refractivity contribution in [3.63, 3.8) is 0 Å². The fourth-order valence-electron chi connectivity index (χ4n) is 4.57. The molecule has 0 saturated heterocycles.